The second kappa shape index (κ2) is 6.46. The molecule has 2 rings (SSSR count). The Kier molecular flexibility index (Phi) is 4.83. The number of amides is 2. The minimum absolute atomic E-state index is 0.0649. The van der Waals surface area contributed by atoms with Gasteiger partial charge >= 0.3 is 12.2 Å². The lowest BCUT2D eigenvalue weighted by Crippen LogP contribution is -2.48. The number of benzene rings is 1. The van der Waals surface area contributed by atoms with Crippen LogP contribution in [0.25, 0.3) is 0 Å². The highest BCUT2D eigenvalue weighted by Gasteiger charge is 2.42. The van der Waals surface area contributed by atoms with Crippen LogP contribution in [0.2, 0.25) is 0 Å². The number of aromatic hydroxyl groups is 1. The van der Waals surface area contributed by atoms with Gasteiger partial charge in [0.05, 0.1) is 12.0 Å². The van der Waals surface area contributed by atoms with E-state index in [0.717, 1.165) is 0 Å². The fourth-order valence-electron chi connectivity index (χ4n) is 2.58. The zero-order valence-electron chi connectivity index (χ0n) is 12.2. The lowest BCUT2D eigenvalue weighted by molar-refractivity contribution is -0.184. The number of nitrogens with zero attached hydrogens (tertiary/aromatic N) is 1. The van der Waals surface area contributed by atoms with Gasteiger partial charge in [0.1, 0.15) is 5.75 Å². The Morgan fingerprint density at radius 1 is 1.45 bits per heavy atom. The number of nitrogens with one attached hydrogen (secondary N) is 1. The van der Waals surface area contributed by atoms with Crippen molar-refractivity contribution in [3.63, 3.8) is 0 Å². The summed E-state index contributed by atoms with van der Waals surface area (Å²) in [5.74, 6) is -1.38. The first-order valence-electron chi connectivity index (χ1n) is 7.18. The molecule has 0 spiro atoms. The minimum Gasteiger partial charge on any atom is -0.508 e. The molecular weight excluding hydrogens is 297 g/mol. The number of piperidine rings is 1. The highest BCUT2D eigenvalue weighted by molar-refractivity contribution is 5.74. The van der Waals surface area contributed by atoms with Crippen molar-refractivity contribution in [2.75, 3.05) is 13.1 Å². The molecule has 2 N–H and O–H groups in total. The van der Waals surface area contributed by atoms with Crippen LogP contribution < -0.4 is 5.32 Å². The van der Waals surface area contributed by atoms with Gasteiger partial charge in [-0.05, 0) is 37.5 Å². The van der Waals surface area contributed by atoms with E-state index >= 15 is 0 Å². The number of hydrogen-bond acceptors (Lipinski definition) is 2. The van der Waals surface area contributed by atoms with Crippen LogP contribution in [0.5, 0.6) is 5.75 Å². The Morgan fingerprint density at radius 3 is 2.82 bits per heavy atom. The van der Waals surface area contributed by atoms with Crippen molar-refractivity contribution in [3.8, 4) is 5.75 Å². The third-order valence-electron chi connectivity index (χ3n) is 3.88. The number of carbonyl (C=O) groups excluding carboxylic acids is 1. The maximum absolute atomic E-state index is 12.8. The largest absolute Gasteiger partial charge is 0.508 e. The number of halogens is 3. The Morgan fingerprint density at radius 2 is 2.18 bits per heavy atom. The van der Waals surface area contributed by atoms with Gasteiger partial charge in [-0.25, -0.2) is 4.79 Å². The topological polar surface area (TPSA) is 52.6 Å². The SMILES string of the molecule is C[C@H](NC(=O)N1CCCC(C(F)(F)F)C1)c1cccc(O)c1. The number of phenolic OH excluding ortho intramolecular Hbond substituents is 1. The molecule has 0 aliphatic carbocycles. The number of urea groups is 1. The van der Waals surface area contributed by atoms with Crippen LogP contribution in [0.1, 0.15) is 31.4 Å². The molecular formula is C15H19F3N2O2. The van der Waals surface area contributed by atoms with Crippen molar-refractivity contribution in [1.29, 1.82) is 0 Å². The van der Waals surface area contributed by atoms with Gasteiger partial charge in [0.25, 0.3) is 0 Å². The highest BCUT2D eigenvalue weighted by Crippen LogP contribution is 2.33. The van der Waals surface area contributed by atoms with Crippen molar-refractivity contribution in [2.45, 2.75) is 32.0 Å². The van der Waals surface area contributed by atoms with E-state index in [-0.39, 0.29) is 18.7 Å². The Hall–Kier alpha value is -1.92. The number of phenols is 1. The first-order chi connectivity index (χ1) is 10.3. The Labute approximate surface area is 126 Å². The molecule has 0 radical (unpaired) electrons. The molecule has 22 heavy (non-hydrogen) atoms. The summed E-state index contributed by atoms with van der Waals surface area (Å²) in [7, 11) is 0. The van der Waals surface area contributed by atoms with Gasteiger partial charge in [-0.3, -0.25) is 0 Å². The zero-order valence-corrected chi connectivity index (χ0v) is 12.2. The Bertz CT molecular complexity index is 534. The summed E-state index contributed by atoms with van der Waals surface area (Å²) in [4.78, 5) is 13.3. The molecule has 4 nitrogen and oxygen atoms in total. The van der Waals surface area contributed by atoms with Crippen LogP contribution >= 0.6 is 0 Å². The summed E-state index contributed by atoms with van der Waals surface area (Å²) in [5.41, 5.74) is 0.692. The molecule has 0 saturated carbocycles. The van der Waals surface area contributed by atoms with Crippen molar-refractivity contribution in [2.24, 2.45) is 5.92 Å². The highest BCUT2D eigenvalue weighted by atomic mass is 19.4. The molecule has 7 heteroatoms. The van der Waals surface area contributed by atoms with Crippen molar-refractivity contribution < 1.29 is 23.1 Å². The average molecular weight is 316 g/mol. The predicted octanol–water partition coefficient (Wildman–Crippen LogP) is 3.44. The number of likely N-dealkylation sites (tertiary alicyclic amines) is 1. The van der Waals surface area contributed by atoms with E-state index in [1.54, 1.807) is 19.1 Å². The first kappa shape index (κ1) is 16.5. The minimum atomic E-state index is -4.27. The summed E-state index contributed by atoms with van der Waals surface area (Å²) in [5, 5.41) is 12.1. The van der Waals surface area contributed by atoms with Crippen molar-refractivity contribution in [1.82, 2.24) is 10.2 Å². The number of hydrogen-bond donors (Lipinski definition) is 2. The molecule has 1 aromatic carbocycles. The van der Waals surface area contributed by atoms with Crippen LogP contribution in [0.3, 0.4) is 0 Å². The molecule has 0 aromatic heterocycles. The fraction of sp³-hybridized carbons (Fsp3) is 0.533. The lowest BCUT2D eigenvalue weighted by atomic mass is 9.98. The van der Waals surface area contributed by atoms with E-state index in [0.29, 0.717) is 18.5 Å². The van der Waals surface area contributed by atoms with E-state index in [4.69, 9.17) is 0 Å². The standard InChI is InChI=1S/C15H19F3N2O2/c1-10(11-4-2-6-13(21)8-11)19-14(22)20-7-3-5-12(9-20)15(16,17)18/h2,4,6,8,10,12,21H,3,5,7,9H2,1H3,(H,19,22)/t10-,12?/m0/s1. The van der Waals surface area contributed by atoms with Gasteiger partial charge in [-0.2, -0.15) is 13.2 Å². The number of alkyl halides is 3. The average Bonchev–Trinajstić information content (AvgIpc) is 2.46. The lowest BCUT2D eigenvalue weighted by Gasteiger charge is -2.34. The van der Waals surface area contributed by atoms with Gasteiger partial charge in [0, 0.05) is 13.1 Å². The van der Waals surface area contributed by atoms with E-state index in [9.17, 15) is 23.1 Å². The number of carbonyl (C=O) groups is 1. The molecule has 2 atom stereocenters. The molecule has 1 fully saturated rings. The summed E-state index contributed by atoms with van der Waals surface area (Å²) in [6.45, 7) is 1.74. The maximum atomic E-state index is 12.8. The fourth-order valence-corrected chi connectivity index (χ4v) is 2.58. The molecule has 2 amide bonds. The van der Waals surface area contributed by atoms with E-state index < -0.39 is 24.2 Å². The molecule has 1 unspecified atom stereocenters. The van der Waals surface area contributed by atoms with Crippen molar-refractivity contribution in [3.05, 3.63) is 29.8 Å². The monoisotopic (exact) mass is 316 g/mol. The summed E-state index contributed by atoms with van der Waals surface area (Å²) in [6, 6.07) is 5.50. The second-order valence-corrected chi connectivity index (χ2v) is 5.59. The predicted molar refractivity (Wildman–Crippen MR) is 75.4 cm³/mol. The van der Waals surface area contributed by atoms with Crippen LogP contribution in [-0.4, -0.2) is 35.3 Å². The molecule has 1 aliphatic rings. The Balaban J connectivity index is 1.97. The molecule has 1 heterocycles. The van der Waals surface area contributed by atoms with Crippen LogP contribution in [0.4, 0.5) is 18.0 Å². The third kappa shape index (κ3) is 4.05. The quantitative estimate of drug-likeness (QED) is 0.878. The summed E-state index contributed by atoms with van der Waals surface area (Å²) >= 11 is 0. The van der Waals surface area contributed by atoms with E-state index in [1.165, 1.54) is 17.0 Å². The van der Waals surface area contributed by atoms with Crippen LogP contribution in [-0.2, 0) is 0 Å². The number of rotatable bonds is 2. The third-order valence-corrected chi connectivity index (χ3v) is 3.88. The normalized spacial score (nSPS) is 20.5. The van der Waals surface area contributed by atoms with Crippen LogP contribution in [0, 0.1) is 5.92 Å². The van der Waals surface area contributed by atoms with Gasteiger partial charge in [0.15, 0.2) is 0 Å². The van der Waals surface area contributed by atoms with Gasteiger partial charge in [-0.1, -0.05) is 12.1 Å². The van der Waals surface area contributed by atoms with Gasteiger partial charge in [-0.15, -0.1) is 0 Å². The molecule has 1 aliphatic heterocycles. The first-order valence-corrected chi connectivity index (χ1v) is 7.18. The van der Waals surface area contributed by atoms with E-state index in [1.807, 2.05) is 0 Å². The van der Waals surface area contributed by atoms with Gasteiger partial charge < -0.3 is 15.3 Å². The zero-order chi connectivity index (χ0) is 16.3. The van der Waals surface area contributed by atoms with Crippen LogP contribution in [0.15, 0.2) is 24.3 Å². The summed E-state index contributed by atoms with van der Waals surface area (Å²) in [6.07, 6.45) is -3.86. The second-order valence-electron chi connectivity index (χ2n) is 5.59. The summed E-state index contributed by atoms with van der Waals surface area (Å²) < 4.78 is 38.3. The molecule has 1 saturated heterocycles. The maximum Gasteiger partial charge on any atom is 0.393 e. The van der Waals surface area contributed by atoms with Crippen molar-refractivity contribution >= 4 is 6.03 Å². The smallest absolute Gasteiger partial charge is 0.393 e. The van der Waals surface area contributed by atoms with Gasteiger partial charge in [0.2, 0.25) is 0 Å². The van der Waals surface area contributed by atoms with E-state index in [2.05, 4.69) is 5.32 Å². The molecule has 122 valence electrons. The molecule has 0 bridgehead atoms. The molecule has 1 aromatic rings.